The SMILES string of the molecule is Cc1ccc(CNC(=O)c2sc(N)nc2C2CC2)cc1. The lowest BCUT2D eigenvalue weighted by Gasteiger charge is -2.05. The van der Waals surface area contributed by atoms with Gasteiger partial charge >= 0.3 is 0 Å². The van der Waals surface area contributed by atoms with Crippen LogP contribution in [0, 0.1) is 6.92 Å². The Hall–Kier alpha value is -1.88. The molecule has 20 heavy (non-hydrogen) atoms. The number of nitrogens with two attached hydrogens (primary N) is 1. The van der Waals surface area contributed by atoms with Gasteiger partial charge in [0.2, 0.25) is 0 Å². The fraction of sp³-hybridized carbons (Fsp3) is 0.333. The lowest BCUT2D eigenvalue weighted by Crippen LogP contribution is -2.22. The highest BCUT2D eigenvalue weighted by atomic mass is 32.1. The van der Waals surface area contributed by atoms with Crippen molar-refractivity contribution in [3.05, 3.63) is 46.0 Å². The van der Waals surface area contributed by atoms with Gasteiger partial charge in [-0.05, 0) is 25.3 Å². The Labute approximate surface area is 122 Å². The first-order chi connectivity index (χ1) is 9.63. The highest BCUT2D eigenvalue weighted by Crippen LogP contribution is 2.43. The largest absolute Gasteiger partial charge is 0.375 e. The number of aromatic nitrogens is 1. The minimum atomic E-state index is -0.0679. The summed E-state index contributed by atoms with van der Waals surface area (Å²) in [5.74, 6) is 0.366. The number of carbonyl (C=O) groups is 1. The van der Waals surface area contributed by atoms with Gasteiger partial charge in [0.15, 0.2) is 5.13 Å². The predicted octanol–water partition coefficient (Wildman–Crippen LogP) is 2.84. The number of thiazole rings is 1. The average Bonchev–Trinajstić information content (AvgIpc) is 3.20. The fourth-order valence-corrected chi connectivity index (χ4v) is 2.95. The van der Waals surface area contributed by atoms with Crippen LogP contribution in [-0.2, 0) is 6.54 Å². The summed E-state index contributed by atoms with van der Waals surface area (Å²) in [6.45, 7) is 2.57. The predicted molar refractivity (Wildman–Crippen MR) is 80.9 cm³/mol. The average molecular weight is 287 g/mol. The molecule has 0 atom stereocenters. The quantitative estimate of drug-likeness (QED) is 0.908. The van der Waals surface area contributed by atoms with E-state index in [-0.39, 0.29) is 5.91 Å². The maximum Gasteiger partial charge on any atom is 0.263 e. The molecule has 1 aromatic heterocycles. The smallest absolute Gasteiger partial charge is 0.263 e. The van der Waals surface area contributed by atoms with Crippen molar-refractivity contribution in [2.24, 2.45) is 0 Å². The number of rotatable bonds is 4. The molecule has 1 amide bonds. The zero-order chi connectivity index (χ0) is 14.1. The summed E-state index contributed by atoms with van der Waals surface area (Å²) in [6, 6.07) is 8.14. The van der Waals surface area contributed by atoms with E-state index in [4.69, 9.17) is 5.73 Å². The maximum atomic E-state index is 12.3. The van der Waals surface area contributed by atoms with Crippen molar-refractivity contribution in [2.75, 3.05) is 5.73 Å². The molecule has 1 heterocycles. The maximum absolute atomic E-state index is 12.3. The minimum Gasteiger partial charge on any atom is -0.375 e. The van der Waals surface area contributed by atoms with Crippen LogP contribution in [0.15, 0.2) is 24.3 Å². The van der Waals surface area contributed by atoms with E-state index >= 15 is 0 Å². The highest BCUT2D eigenvalue weighted by molar-refractivity contribution is 7.17. The van der Waals surface area contributed by atoms with Crippen LogP contribution in [0.25, 0.3) is 0 Å². The lowest BCUT2D eigenvalue weighted by atomic mass is 10.1. The molecule has 0 aliphatic heterocycles. The molecule has 1 aliphatic rings. The highest BCUT2D eigenvalue weighted by Gasteiger charge is 2.31. The first kappa shape index (κ1) is 13.1. The Morgan fingerprint density at radius 3 is 2.75 bits per heavy atom. The van der Waals surface area contributed by atoms with Gasteiger partial charge < -0.3 is 11.1 Å². The van der Waals surface area contributed by atoms with Crippen LogP contribution in [0.2, 0.25) is 0 Å². The molecule has 0 spiro atoms. The zero-order valence-electron chi connectivity index (χ0n) is 11.3. The molecule has 0 saturated heterocycles. The van der Waals surface area contributed by atoms with Gasteiger partial charge in [0.25, 0.3) is 5.91 Å². The number of aryl methyl sites for hydroxylation is 1. The van der Waals surface area contributed by atoms with Crippen molar-refractivity contribution in [3.8, 4) is 0 Å². The minimum absolute atomic E-state index is 0.0679. The Kier molecular flexibility index (Phi) is 3.44. The van der Waals surface area contributed by atoms with Gasteiger partial charge in [-0.3, -0.25) is 4.79 Å². The van der Waals surface area contributed by atoms with E-state index in [1.54, 1.807) is 0 Å². The van der Waals surface area contributed by atoms with Gasteiger partial charge in [-0.2, -0.15) is 0 Å². The monoisotopic (exact) mass is 287 g/mol. The summed E-state index contributed by atoms with van der Waals surface area (Å²) in [5, 5.41) is 3.43. The number of amides is 1. The second kappa shape index (κ2) is 5.25. The van der Waals surface area contributed by atoms with Gasteiger partial charge in [0.1, 0.15) is 4.88 Å². The third-order valence-electron chi connectivity index (χ3n) is 3.41. The second-order valence-electron chi connectivity index (χ2n) is 5.21. The van der Waals surface area contributed by atoms with Crippen LogP contribution in [0.1, 0.15) is 45.3 Å². The Morgan fingerprint density at radius 2 is 2.10 bits per heavy atom. The third-order valence-corrected chi connectivity index (χ3v) is 4.31. The number of carbonyl (C=O) groups excluding carboxylic acids is 1. The summed E-state index contributed by atoms with van der Waals surface area (Å²) in [5.41, 5.74) is 8.92. The number of hydrogen-bond donors (Lipinski definition) is 2. The van der Waals surface area contributed by atoms with Crippen LogP contribution in [0.4, 0.5) is 5.13 Å². The van der Waals surface area contributed by atoms with Gasteiger partial charge in [-0.1, -0.05) is 41.2 Å². The molecular weight excluding hydrogens is 270 g/mol. The zero-order valence-corrected chi connectivity index (χ0v) is 12.2. The number of hydrogen-bond acceptors (Lipinski definition) is 4. The summed E-state index contributed by atoms with van der Waals surface area (Å²) < 4.78 is 0. The van der Waals surface area contributed by atoms with Crippen molar-refractivity contribution in [1.29, 1.82) is 0 Å². The van der Waals surface area contributed by atoms with Crippen LogP contribution in [-0.4, -0.2) is 10.9 Å². The van der Waals surface area contributed by atoms with Gasteiger partial charge in [0, 0.05) is 12.5 Å². The number of anilines is 1. The molecule has 3 rings (SSSR count). The van der Waals surface area contributed by atoms with Crippen LogP contribution < -0.4 is 11.1 Å². The van der Waals surface area contributed by atoms with Gasteiger partial charge in [-0.25, -0.2) is 4.98 Å². The second-order valence-corrected chi connectivity index (χ2v) is 6.24. The number of nitrogens with one attached hydrogen (secondary N) is 1. The Morgan fingerprint density at radius 1 is 1.40 bits per heavy atom. The van der Waals surface area contributed by atoms with E-state index in [9.17, 15) is 4.79 Å². The van der Waals surface area contributed by atoms with E-state index < -0.39 is 0 Å². The summed E-state index contributed by atoms with van der Waals surface area (Å²) in [4.78, 5) is 17.2. The molecule has 1 saturated carbocycles. The molecule has 5 heteroatoms. The molecule has 0 radical (unpaired) electrons. The van der Waals surface area contributed by atoms with E-state index in [2.05, 4.69) is 10.3 Å². The van der Waals surface area contributed by atoms with Crippen LogP contribution >= 0.6 is 11.3 Å². The van der Waals surface area contributed by atoms with E-state index in [0.717, 1.165) is 24.1 Å². The summed E-state index contributed by atoms with van der Waals surface area (Å²) in [7, 11) is 0. The van der Waals surface area contributed by atoms with E-state index in [1.807, 2.05) is 31.2 Å². The van der Waals surface area contributed by atoms with Crippen LogP contribution in [0.5, 0.6) is 0 Å². The third kappa shape index (κ3) is 2.82. The number of nitrogens with zero attached hydrogens (tertiary/aromatic N) is 1. The van der Waals surface area contributed by atoms with Gasteiger partial charge in [0.05, 0.1) is 5.69 Å². The molecule has 0 unspecified atom stereocenters. The molecule has 1 aromatic carbocycles. The van der Waals surface area contributed by atoms with Crippen LogP contribution in [0.3, 0.4) is 0 Å². The Balaban J connectivity index is 1.68. The first-order valence-electron chi connectivity index (χ1n) is 6.73. The standard InChI is InChI=1S/C15H17N3OS/c1-9-2-4-10(5-3-9)8-17-14(19)13-12(11-6-7-11)18-15(16)20-13/h2-5,11H,6-8H2,1H3,(H2,16,18)(H,17,19). The lowest BCUT2D eigenvalue weighted by molar-refractivity contribution is 0.0954. The van der Waals surface area contributed by atoms with Crippen molar-refractivity contribution >= 4 is 22.4 Å². The molecule has 3 N–H and O–H groups in total. The summed E-state index contributed by atoms with van der Waals surface area (Å²) >= 11 is 1.28. The van der Waals surface area contributed by atoms with E-state index in [1.165, 1.54) is 16.9 Å². The van der Waals surface area contributed by atoms with Crippen molar-refractivity contribution < 1.29 is 4.79 Å². The van der Waals surface area contributed by atoms with Gasteiger partial charge in [-0.15, -0.1) is 0 Å². The molecule has 2 aromatic rings. The normalized spacial score (nSPS) is 14.2. The topological polar surface area (TPSA) is 68.0 Å². The fourth-order valence-electron chi connectivity index (χ4n) is 2.11. The molecule has 4 nitrogen and oxygen atoms in total. The van der Waals surface area contributed by atoms with E-state index in [0.29, 0.717) is 22.5 Å². The Bertz CT molecular complexity index is 629. The van der Waals surface area contributed by atoms with Crippen molar-refractivity contribution in [1.82, 2.24) is 10.3 Å². The molecule has 1 fully saturated rings. The molecular formula is C15H17N3OS. The van der Waals surface area contributed by atoms with Crippen molar-refractivity contribution in [3.63, 3.8) is 0 Å². The first-order valence-corrected chi connectivity index (χ1v) is 7.55. The van der Waals surface area contributed by atoms with Crippen molar-refractivity contribution in [2.45, 2.75) is 32.2 Å². The number of nitrogen functional groups attached to an aromatic ring is 1. The molecule has 104 valence electrons. The summed E-state index contributed by atoms with van der Waals surface area (Å²) in [6.07, 6.45) is 2.23. The molecule has 1 aliphatic carbocycles. The number of benzene rings is 1. The molecule has 0 bridgehead atoms.